The zero-order valence-electron chi connectivity index (χ0n) is 18.4. The molecule has 34 heavy (non-hydrogen) atoms. The molecule has 2 fully saturated rings. The van der Waals surface area contributed by atoms with Gasteiger partial charge >= 0.3 is 12.1 Å². The van der Waals surface area contributed by atoms with Gasteiger partial charge in [0, 0.05) is 29.7 Å². The molecule has 3 rings (SSSR count). The quantitative estimate of drug-likeness (QED) is 0.0971. The first-order chi connectivity index (χ1) is 15.9. The van der Waals surface area contributed by atoms with E-state index >= 15 is 0 Å². The lowest BCUT2D eigenvalue weighted by atomic mass is 9.99. The molecule has 2 aliphatic rings. The molecular weight excluding hydrogens is 472 g/mol. The van der Waals surface area contributed by atoms with E-state index in [0.29, 0.717) is 0 Å². The molecule has 1 saturated carbocycles. The summed E-state index contributed by atoms with van der Waals surface area (Å²) in [5, 5.41) is 25.3. The van der Waals surface area contributed by atoms with Gasteiger partial charge in [-0.1, -0.05) is 10.3 Å². The van der Waals surface area contributed by atoms with Crippen molar-refractivity contribution in [3.8, 4) is 0 Å². The molecule has 16 heteroatoms. The molecular formula is C18H22N8O7S. The number of aliphatic carboxylic acids is 1. The van der Waals surface area contributed by atoms with Gasteiger partial charge in [-0.15, -0.1) is 11.3 Å². The van der Waals surface area contributed by atoms with E-state index in [2.05, 4.69) is 36.1 Å². The molecule has 1 aliphatic heterocycles. The van der Waals surface area contributed by atoms with E-state index in [4.69, 9.17) is 15.1 Å². The second-order valence-electron chi connectivity index (χ2n) is 8.48. The highest BCUT2D eigenvalue weighted by atomic mass is 32.1. The number of hydrogen-bond acceptors (Lipinski definition) is 10. The van der Waals surface area contributed by atoms with Gasteiger partial charge in [0.15, 0.2) is 10.8 Å². The molecule has 2 heterocycles. The minimum atomic E-state index is -1.53. The van der Waals surface area contributed by atoms with Crippen molar-refractivity contribution in [2.45, 2.75) is 56.9 Å². The van der Waals surface area contributed by atoms with E-state index in [0.717, 1.165) is 11.3 Å². The lowest BCUT2D eigenvalue weighted by Crippen LogP contribution is -2.70. The van der Waals surface area contributed by atoms with Crippen molar-refractivity contribution < 1.29 is 33.9 Å². The summed E-state index contributed by atoms with van der Waals surface area (Å²) in [6.45, 7) is 4.98. The molecule has 0 aromatic carbocycles. The fraction of sp³-hybridized carbons (Fsp3) is 0.556. The van der Waals surface area contributed by atoms with Crippen molar-refractivity contribution >= 4 is 46.1 Å². The molecule has 0 spiro atoms. The van der Waals surface area contributed by atoms with Crippen molar-refractivity contribution in [2.75, 3.05) is 11.9 Å². The minimum Gasteiger partial charge on any atom is -0.478 e. The molecule has 0 bridgehead atoms. The van der Waals surface area contributed by atoms with E-state index in [9.17, 15) is 24.3 Å². The number of nitrogens with one attached hydrogen (secondary N) is 3. The Kier molecular flexibility index (Phi) is 6.93. The average molecular weight is 494 g/mol. The van der Waals surface area contributed by atoms with Crippen molar-refractivity contribution in [3.05, 3.63) is 21.5 Å². The number of nitrogens with zero attached hydrogens (tertiary/aromatic N) is 5. The van der Waals surface area contributed by atoms with E-state index in [-0.39, 0.29) is 30.2 Å². The van der Waals surface area contributed by atoms with Crippen LogP contribution in [-0.4, -0.2) is 69.5 Å². The summed E-state index contributed by atoms with van der Waals surface area (Å²) in [6, 6.07) is -1.63. The summed E-state index contributed by atoms with van der Waals surface area (Å²) in [7, 11) is 0. The third kappa shape index (κ3) is 5.90. The van der Waals surface area contributed by atoms with Gasteiger partial charge in [0.2, 0.25) is 11.5 Å². The number of aromatic nitrogens is 1. The van der Waals surface area contributed by atoms with Gasteiger partial charge in [-0.2, -0.15) is 0 Å². The maximum absolute atomic E-state index is 12.9. The largest absolute Gasteiger partial charge is 0.478 e. The van der Waals surface area contributed by atoms with Crippen LogP contribution in [0.15, 0.2) is 15.7 Å². The number of rotatable bonds is 9. The molecule has 2 atom stereocenters. The Morgan fingerprint density at radius 1 is 1.41 bits per heavy atom. The standard InChI is InChI=1S/C18H22N8O7S/c1-17(2,3)32-16(31)24-15-22-9(7-34-15)11(25-33-18(4-5-18)14(29)30)13(28)23-10-8(6-20-26-19)21-12(10)27/h7-8,10H,4-6H2,1-3H3,(H,21,27)(H,23,28)(H,29,30)(H,22,24,31)/t8-,10+/m1/s1. The number of hydrogen-bond donors (Lipinski definition) is 4. The van der Waals surface area contributed by atoms with E-state index < -0.39 is 52.9 Å². The fourth-order valence-corrected chi connectivity index (χ4v) is 3.40. The number of oxime groups is 1. The average Bonchev–Trinajstić information content (AvgIpc) is 3.40. The van der Waals surface area contributed by atoms with E-state index in [1.54, 1.807) is 20.8 Å². The predicted octanol–water partition coefficient (Wildman–Crippen LogP) is 1.12. The van der Waals surface area contributed by atoms with Gasteiger partial charge in [0.05, 0.1) is 6.04 Å². The summed E-state index contributed by atoms with van der Waals surface area (Å²) in [5.41, 5.74) is 5.76. The molecule has 1 aliphatic carbocycles. The zero-order chi connectivity index (χ0) is 25.1. The maximum Gasteiger partial charge on any atom is 0.413 e. The van der Waals surface area contributed by atoms with Gasteiger partial charge in [-0.05, 0) is 26.3 Å². The number of thiazole rings is 1. The van der Waals surface area contributed by atoms with Crippen LogP contribution in [0, 0.1) is 0 Å². The molecule has 3 amide bonds. The molecule has 0 radical (unpaired) electrons. The molecule has 15 nitrogen and oxygen atoms in total. The van der Waals surface area contributed by atoms with Gasteiger partial charge in [-0.25, -0.2) is 14.6 Å². The monoisotopic (exact) mass is 494 g/mol. The van der Waals surface area contributed by atoms with Crippen LogP contribution in [0.4, 0.5) is 9.93 Å². The van der Waals surface area contributed by atoms with Crippen molar-refractivity contribution in [1.82, 2.24) is 15.6 Å². The first-order valence-electron chi connectivity index (χ1n) is 10.0. The maximum atomic E-state index is 12.9. The van der Waals surface area contributed by atoms with Crippen LogP contribution in [0.25, 0.3) is 10.4 Å². The van der Waals surface area contributed by atoms with Crippen LogP contribution >= 0.6 is 11.3 Å². The summed E-state index contributed by atoms with van der Waals surface area (Å²) >= 11 is 0.965. The van der Waals surface area contributed by atoms with Gasteiger partial charge < -0.3 is 25.3 Å². The number of β-lactam (4-membered cyclic amide) rings is 1. The van der Waals surface area contributed by atoms with Gasteiger partial charge in [-0.3, -0.25) is 14.9 Å². The Bertz CT molecular complexity index is 1080. The van der Waals surface area contributed by atoms with E-state index in [1.165, 1.54) is 5.38 Å². The highest BCUT2D eigenvalue weighted by Gasteiger charge is 2.54. The van der Waals surface area contributed by atoms with Gasteiger partial charge in [0.25, 0.3) is 5.91 Å². The van der Waals surface area contributed by atoms with Crippen LogP contribution in [0.1, 0.15) is 39.3 Å². The van der Waals surface area contributed by atoms with Crippen LogP contribution in [-0.2, 0) is 24.0 Å². The Hall–Kier alpha value is -3.91. The van der Waals surface area contributed by atoms with Crippen molar-refractivity contribution in [2.24, 2.45) is 10.3 Å². The number of carboxylic acid groups (broad SMARTS) is 1. The van der Waals surface area contributed by atoms with Crippen molar-refractivity contribution in [1.29, 1.82) is 0 Å². The fourth-order valence-electron chi connectivity index (χ4n) is 2.72. The molecule has 1 aromatic rings. The number of ether oxygens (including phenoxy) is 1. The minimum absolute atomic E-state index is 0.0268. The number of carbonyl (C=O) groups excluding carboxylic acids is 3. The first kappa shape index (κ1) is 24.7. The summed E-state index contributed by atoms with van der Waals surface area (Å²) in [5.74, 6) is -2.60. The van der Waals surface area contributed by atoms with Crippen LogP contribution in [0.2, 0.25) is 0 Å². The SMILES string of the molecule is CC(C)(C)OC(=O)Nc1nc(C(=NOC2(C(=O)O)CC2)C(=O)N[C@@H]2C(=O)N[C@@H]2CN=[N+]=[N-])cs1. The molecule has 4 N–H and O–H groups in total. The highest BCUT2D eigenvalue weighted by Crippen LogP contribution is 2.40. The normalized spacial score (nSPS) is 20.7. The lowest BCUT2D eigenvalue weighted by Gasteiger charge is -2.36. The topological polar surface area (TPSA) is 217 Å². The smallest absolute Gasteiger partial charge is 0.413 e. The summed E-state index contributed by atoms with van der Waals surface area (Å²) in [4.78, 5) is 60.1. The number of amides is 3. The molecule has 182 valence electrons. The highest BCUT2D eigenvalue weighted by molar-refractivity contribution is 7.14. The number of anilines is 1. The van der Waals surface area contributed by atoms with Crippen LogP contribution in [0.5, 0.6) is 0 Å². The number of carbonyl (C=O) groups is 4. The lowest BCUT2D eigenvalue weighted by molar-refractivity contribution is -0.153. The Labute approximate surface area is 196 Å². The number of carboxylic acids is 1. The van der Waals surface area contributed by atoms with E-state index in [1.807, 2.05) is 0 Å². The second-order valence-corrected chi connectivity index (χ2v) is 9.33. The Morgan fingerprint density at radius 3 is 2.68 bits per heavy atom. The Morgan fingerprint density at radius 2 is 2.12 bits per heavy atom. The third-order valence-electron chi connectivity index (χ3n) is 4.62. The van der Waals surface area contributed by atoms with Crippen LogP contribution < -0.4 is 16.0 Å². The molecule has 0 unspecified atom stereocenters. The summed E-state index contributed by atoms with van der Waals surface area (Å²) in [6.07, 6.45) is -0.340. The third-order valence-corrected chi connectivity index (χ3v) is 5.37. The van der Waals surface area contributed by atoms with Crippen molar-refractivity contribution in [3.63, 3.8) is 0 Å². The predicted molar refractivity (Wildman–Crippen MR) is 117 cm³/mol. The molecule has 1 saturated heterocycles. The zero-order valence-corrected chi connectivity index (χ0v) is 19.2. The van der Waals surface area contributed by atoms with Crippen LogP contribution in [0.3, 0.4) is 0 Å². The van der Waals surface area contributed by atoms with Gasteiger partial charge in [0.1, 0.15) is 17.3 Å². The summed E-state index contributed by atoms with van der Waals surface area (Å²) < 4.78 is 5.15. The Balaban J connectivity index is 1.79. The second kappa shape index (κ2) is 9.52. The molecule has 1 aromatic heterocycles. The number of azide groups is 1. The first-order valence-corrected chi connectivity index (χ1v) is 10.9.